The molecule has 12 heteroatoms. The Morgan fingerprint density at radius 3 is 2.35 bits per heavy atom. The van der Waals surface area contributed by atoms with Gasteiger partial charge >= 0.3 is 5.97 Å². The molecule has 0 atom stereocenters. The molecule has 4 aromatic rings. The highest BCUT2D eigenvalue weighted by atomic mass is 35.5. The molecule has 9 nitrogen and oxygen atoms in total. The van der Waals surface area contributed by atoms with Crippen molar-refractivity contribution < 1.29 is 23.9 Å². The Morgan fingerprint density at radius 2 is 1.65 bits per heavy atom. The van der Waals surface area contributed by atoms with Gasteiger partial charge in [0.05, 0.1) is 24.1 Å². The number of carbonyl (C=O) groups excluding carboxylic acids is 4. The summed E-state index contributed by atoms with van der Waals surface area (Å²) in [4.78, 5) is 55.8. The Labute approximate surface area is 242 Å². The number of ether oxygens (including phenoxy) is 1. The molecule has 0 unspecified atom stereocenters. The maximum absolute atomic E-state index is 13.1. The van der Waals surface area contributed by atoms with Crippen LogP contribution in [0, 0.1) is 0 Å². The lowest BCUT2D eigenvalue weighted by atomic mass is 10.2. The largest absolute Gasteiger partial charge is 0.465 e. The maximum Gasteiger partial charge on any atom is 0.337 e. The van der Waals surface area contributed by atoms with E-state index in [4.69, 9.17) is 27.9 Å². The van der Waals surface area contributed by atoms with Crippen molar-refractivity contribution in [1.82, 2.24) is 4.98 Å². The number of amides is 3. The van der Waals surface area contributed by atoms with Crippen molar-refractivity contribution in [2.75, 3.05) is 22.6 Å². The van der Waals surface area contributed by atoms with Gasteiger partial charge in [-0.15, -0.1) is 11.3 Å². The van der Waals surface area contributed by atoms with E-state index in [9.17, 15) is 19.2 Å². The quantitative estimate of drug-likeness (QED) is 0.201. The highest BCUT2D eigenvalue weighted by Gasteiger charge is 2.39. The molecule has 1 aliphatic rings. The SMILES string of the molecule is COC(=O)c1cccc(N2C(=O)C(Cl)=C(Nc3ccc(C(=O)Nc4nc(-c5ccc(Cl)cc5)cs4)cc3)C2=O)c1. The van der Waals surface area contributed by atoms with Gasteiger partial charge in [0.1, 0.15) is 10.7 Å². The predicted molar refractivity (Wildman–Crippen MR) is 154 cm³/mol. The van der Waals surface area contributed by atoms with Crippen LogP contribution >= 0.6 is 34.5 Å². The first-order valence-electron chi connectivity index (χ1n) is 11.6. The molecular formula is C28H18Cl2N4O5S. The fourth-order valence-electron chi connectivity index (χ4n) is 3.84. The minimum Gasteiger partial charge on any atom is -0.465 e. The first-order valence-corrected chi connectivity index (χ1v) is 13.3. The number of hydrogen-bond donors (Lipinski definition) is 2. The lowest BCUT2D eigenvalue weighted by Gasteiger charge is -2.16. The molecule has 0 saturated carbocycles. The van der Waals surface area contributed by atoms with Crippen molar-refractivity contribution in [1.29, 1.82) is 0 Å². The van der Waals surface area contributed by atoms with Gasteiger partial charge in [-0.1, -0.05) is 41.4 Å². The first-order chi connectivity index (χ1) is 19.2. The zero-order valence-electron chi connectivity index (χ0n) is 20.6. The lowest BCUT2D eigenvalue weighted by Crippen LogP contribution is -2.32. The summed E-state index contributed by atoms with van der Waals surface area (Å²) in [5.41, 5.74) is 2.57. The third-order valence-corrected chi connectivity index (χ3v) is 7.19. The van der Waals surface area contributed by atoms with E-state index in [1.165, 1.54) is 42.7 Å². The highest BCUT2D eigenvalue weighted by Crippen LogP contribution is 2.31. The molecule has 0 spiro atoms. The van der Waals surface area contributed by atoms with E-state index in [-0.39, 0.29) is 27.9 Å². The summed E-state index contributed by atoms with van der Waals surface area (Å²) in [6.45, 7) is 0. The van der Waals surface area contributed by atoms with Crippen LogP contribution in [-0.4, -0.2) is 35.8 Å². The van der Waals surface area contributed by atoms with E-state index in [0.717, 1.165) is 10.5 Å². The normalized spacial score (nSPS) is 13.0. The van der Waals surface area contributed by atoms with Crippen molar-refractivity contribution in [3.8, 4) is 11.3 Å². The Hall–Kier alpha value is -4.51. The van der Waals surface area contributed by atoms with Gasteiger partial charge in [-0.3, -0.25) is 19.7 Å². The van der Waals surface area contributed by atoms with Crippen LogP contribution in [0.25, 0.3) is 11.3 Å². The molecule has 5 rings (SSSR count). The summed E-state index contributed by atoms with van der Waals surface area (Å²) in [7, 11) is 1.23. The van der Waals surface area contributed by atoms with E-state index in [0.29, 0.717) is 27.1 Å². The summed E-state index contributed by atoms with van der Waals surface area (Å²) in [6, 6.07) is 19.4. The fraction of sp³-hybridized carbons (Fsp3) is 0.0357. The average molecular weight is 593 g/mol. The molecule has 0 bridgehead atoms. The van der Waals surface area contributed by atoms with Gasteiger partial charge in [0.15, 0.2) is 5.13 Å². The van der Waals surface area contributed by atoms with Gasteiger partial charge < -0.3 is 10.1 Å². The van der Waals surface area contributed by atoms with E-state index in [2.05, 4.69) is 15.6 Å². The van der Waals surface area contributed by atoms with Crippen LogP contribution in [0.5, 0.6) is 0 Å². The van der Waals surface area contributed by atoms with Crippen LogP contribution in [-0.2, 0) is 14.3 Å². The molecule has 0 fully saturated rings. The molecule has 2 heterocycles. The van der Waals surface area contributed by atoms with Gasteiger partial charge in [0, 0.05) is 27.2 Å². The van der Waals surface area contributed by atoms with Gasteiger partial charge in [0.25, 0.3) is 17.7 Å². The van der Waals surface area contributed by atoms with Gasteiger partial charge in [0.2, 0.25) is 0 Å². The number of methoxy groups -OCH3 is 1. The van der Waals surface area contributed by atoms with Crippen LogP contribution in [0.15, 0.2) is 88.9 Å². The number of benzene rings is 3. The molecule has 1 aromatic heterocycles. The molecule has 1 aliphatic heterocycles. The first kappa shape index (κ1) is 27.1. The van der Waals surface area contributed by atoms with Gasteiger partial charge in [-0.25, -0.2) is 14.7 Å². The van der Waals surface area contributed by atoms with Crippen molar-refractivity contribution in [3.05, 3.63) is 105 Å². The van der Waals surface area contributed by atoms with Crippen molar-refractivity contribution in [2.24, 2.45) is 0 Å². The average Bonchev–Trinajstić information content (AvgIpc) is 3.51. The summed E-state index contributed by atoms with van der Waals surface area (Å²) < 4.78 is 4.70. The number of esters is 1. The van der Waals surface area contributed by atoms with Crippen LogP contribution in [0.3, 0.4) is 0 Å². The molecule has 0 radical (unpaired) electrons. The maximum atomic E-state index is 13.1. The molecule has 0 aliphatic carbocycles. The Bertz CT molecular complexity index is 1680. The predicted octanol–water partition coefficient (Wildman–Crippen LogP) is 5.94. The minimum atomic E-state index is -0.742. The second kappa shape index (κ2) is 11.3. The summed E-state index contributed by atoms with van der Waals surface area (Å²) in [6.07, 6.45) is 0. The lowest BCUT2D eigenvalue weighted by molar-refractivity contribution is -0.120. The number of nitrogens with zero attached hydrogens (tertiary/aromatic N) is 2. The fourth-order valence-corrected chi connectivity index (χ4v) is 4.89. The molecule has 200 valence electrons. The number of halogens is 2. The van der Waals surface area contributed by atoms with E-state index in [1.54, 1.807) is 36.4 Å². The Balaban J connectivity index is 1.26. The monoisotopic (exact) mass is 592 g/mol. The topological polar surface area (TPSA) is 118 Å². The number of thiazole rings is 1. The van der Waals surface area contributed by atoms with E-state index >= 15 is 0 Å². The van der Waals surface area contributed by atoms with Crippen molar-refractivity contribution in [3.63, 3.8) is 0 Å². The summed E-state index contributed by atoms with van der Waals surface area (Å²) in [5.74, 6) is -2.42. The number of hydrogen-bond acceptors (Lipinski definition) is 8. The molecule has 40 heavy (non-hydrogen) atoms. The highest BCUT2D eigenvalue weighted by molar-refractivity contribution is 7.14. The third-order valence-electron chi connectivity index (χ3n) is 5.83. The molecule has 0 saturated heterocycles. The van der Waals surface area contributed by atoms with Crippen LogP contribution in [0.4, 0.5) is 16.5 Å². The Morgan fingerprint density at radius 1 is 0.925 bits per heavy atom. The zero-order valence-corrected chi connectivity index (χ0v) is 22.9. The molecular weight excluding hydrogens is 575 g/mol. The molecule has 2 N–H and O–H groups in total. The number of anilines is 3. The van der Waals surface area contributed by atoms with Gasteiger partial charge in [-0.2, -0.15) is 0 Å². The number of rotatable bonds is 7. The summed E-state index contributed by atoms with van der Waals surface area (Å²) in [5, 5.41) is 8.19. The Kier molecular flexibility index (Phi) is 7.65. The number of nitrogens with one attached hydrogen (secondary N) is 2. The smallest absolute Gasteiger partial charge is 0.337 e. The number of aromatic nitrogens is 1. The zero-order chi connectivity index (χ0) is 28.4. The van der Waals surface area contributed by atoms with Crippen molar-refractivity contribution >= 4 is 74.7 Å². The molecule has 3 amide bonds. The van der Waals surface area contributed by atoms with Crippen LogP contribution < -0.4 is 15.5 Å². The van der Waals surface area contributed by atoms with Crippen molar-refractivity contribution in [2.45, 2.75) is 0 Å². The second-order valence-electron chi connectivity index (χ2n) is 8.38. The minimum absolute atomic E-state index is 0.134. The van der Waals surface area contributed by atoms with E-state index in [1.807, 2.05) is 17.5 Å². The standard InChI is InChI=1S/C28H18Cl2N4O5S/c1-39-27(38)17-3-2-4-20(13-17)34-25(36)22(30)23(26(34)37)31-19-11-7-16(8-12-19)24(35)33-28-32-21(14-40-28)15-5-9-18(29)10-6-15/h2-14,31H,1H3,(H,32,33,35). The van der Waals surface area contributed by atoms with Crippen LogP contribution in [0.1, 0.15) is 20.7 Å². The van der Waals surface area contributed by atoms with Gasteiger partial charge in [-0.05, 0) is 54.6 Å². The number of imide groups is 1. The van der Waals surface area contributed by atoms with E-state index < -0.39 is 17.8 Å². The second-order valence-corrected chi connectivity index (χ2v) is 10.1. The third kappa shape index (κ3) is 5.46. The summed E-state index contributed by atoms with van der Waals surface area (Å²) >= 11 is 13.4. The van der Waals surface area contributed by atoms with Crippen LogP contribution in [0.2, 0.25) is 5.02 Å². The number of carbonyl (C=O) groups is 4. The molecule has 3 aromatic carbocycles.